The van der Waals surface area contributed by atoms with Crippen molar-refractivity contribution in [3.63, 3.8) is 0 Å². The monoisotopic (exact) mass is 282 g/mol. The predicted octanol–water partition coefficient (Wildman–Crippen LogP) is 2.77. The van der Waals surface area contributed by atoms with Gasteiger partial charge in [-0.15, -0.1) is 0 Å². The molecule has 110 valence electrons. The van der Waals surface area contributed by atoms with Gasteiger partial charge >= 0.3 is 0 Å². The molecule has 1 aliphatic carbocycles. The molecule has 0 unspecified atom stereocenters. The summed E-state index contributed by atoms with van der Waals surface area (Å²) >= 11 is 0. The third-order valence-electron chi connectivity index (χ3n) is 3.23. The van der Waals surface area contributed by atoms with Gasteiger partial charge in [0.25, 0.3) is 6.43 Å². The van der Waals surface area contributed by atoms with Gasteiger partial charge in [-0.05, 0) is 37.4 Å². The topological polar surface area (TPSA) is 41.1 Å². The quantitative estimate of drug-likeness (QED) is 0.720. The largest absolute Gasteiger partial charge is 0.353 e. The number of nitrogens with one attached hydrogen (secondary N) is 2. The minimum absolute atomic E-state index is 0.0492. The first-order valence-corrected chi connectivity index (χ1v) is 7.02. The van der Waals surface area contributed by atoms with Crippen LogP contribution in [-0.2, 0) is 11.3 Å². The molecule has 3 nitrogen and oxygen atoms in total. The molecule has 0 heterocycles. The fraction of sp³-hybridized carbons (Fsp3) is 0.533. The number of hydrogen-bond acceptors (Lipinski definition) is 2. The molecule has 1 saturated carbocycles. The Kier molecular flexibility index (Phi) is 5.47. The summed E-state index contributed by atoms with van der Waals surface area (Å²) in [6.07, 6.45) is 1.05. The highest BCUT2D eigenvalue weighted by molar-refractivity contribution is 5.76. The summed E-state index contributed by atoms with van der Waals surface area (Å²) in [6, 6.07) is 6.81. The molecule has 1 aromatic rings. The molecule has 0 aromatic heterocycles. The van der Waals surface area contributed by atoms with Crippen molar-refractivity contribution in [2.45, 2.75) is 44.7 Å². The first-order chi connectivity index (χ1) is 9.65. The van der Waals surface area contributed by atoms with Crippen LogP contribution in [0.5, 0.6) is 0 Å². The maximum atomic E-state index is 12.5. The van der Waals surface area contributed by atoms with Crippen molar-refractivity contribution in [3.05, 3.63) is 35.4 Å². The maximum Gasteiger partial charge on any atom is 0.263 e. The first-order valence-electron chi connectivity index (χ1n) is 7.02. The molecule has 0 saturated heterocycles. The Hall–Kier alpha value is -1.49. The lowest BCUT2D eigenvalue weighted by molar-refractivity contribution is -0.121. The molecule has 0 spiro atoms. The summed E-state index contributed by atoms with van der Waals surface area (Å²) in [6.45, 7) is 1.25. The minimum atomic E-state index is -2.43. The van der Waals surface area contributed by atoms with E-state index in [4.69, 9.17) is 0 Å². The van der Waals surface area contributed by atoms with Crippen molar-refractivity contribution in [1.82, 2.24) is 10.6 Å². The highest BCUT2D eigenvalue weighted by Gasteiger charge is 2.22. The van der Waals surface area contributed by atoms with Crippen molar-refractivity contribution in [2.24, 2.45) is 0 Å². The molecule has 1 aliphatic rings. The van der Waals surface area contributed by atoms with E-state index in [9.17, 15) is 13.6 Å². The highest BCUT2D eigenvalue weighted by atomic mass is 19.3. The molecular formula is C15H20F2N2O. The van der Waals surface area contributed by atoms with Crippen LogP contribution in [0.2, 0.25) is 0 Å². The lowest BCUT2D eigenvalue weighted by Gasteiger charge is -2.07. The van der Waals surface area contributed by atoms with E-state index in [-0.39, 0.29) is 11.5 Å². The number of amides is 1. The van der Waals surface area contributed by atoms with Gasteiger partial charge in [0.2, 0.25) is 5.91 Å². The summed E-state index contributed by atoms with van der Waals surface area (Å²) in [4.78, 5) is 11.4. The molecule has 2 N–H and O–H groups in total. The van der Waals surface area contributed by atoms with Gasteiger partial charge < -0.3 is 10.6 Å². The third-order valence-corrected chi connectivity index (χ3v) is 3.23. The van der Waals surface area contributed by atoms with Gasteiger partial charge in [0, 0.05) is 24.6 Å². The van der Waals surface area contributed by atoms with Gasteiger partial charge in [0.1, 0.15) is 0 Å². The molecule has 20 heavy (non-hydrogen) atoms. The third kappa shape index (κ3) is 5.25. The van der Waals surface area contributed by atoms with Crippen LogP contribution in [0.3, 0.4) is 0 Å². The molecule has 0 aliphatic heterocycles. The van der Waals surface area contributed by atoms with Crippen molar-refractivity contribution < 1.29 is 13.6 Å². The second-order valence-electron chi connectivity index (χ2n) is 5.17. The lowest BCUT2D eigenvalue weighted by atomic mass is 10.1. The smallest absolute Gasteiger partial charge is 0.263 e. The Balaban J connectivity index is 1.60. The number of halogens is 2. The van der Waals surface area contributed by atoms with E-state index < -0.39 is 6.43 Å². The molecule has 0 radical (unpaired) electrons. The van der Waals surface area contributed by atoms with Crippen molar-refractivity contribution in [1.29, 1.82) is 0 Å². The second kappa shape index (κ2) is 7.33. The normalized spacial score (nSPS) is 14.6. The average molecular weight is 282 g/mol. The zero-order chi connectivity index (χ0) is 14.4. The number of carbonyl (C=O) groups excluding carboxylic acids is 1. The van der Waals surface area contributed by atoms with Gasteiger partial charge in [-0.2, -0.15) is 0 Å². The molecule has 1 amide bonds. The Morgan fingerprint density at radius 3 is 2.85 bits per heavy atom. The highest BCUT2D eigenvalue weighted by Crippen LogP contribution is 2.19. The number of hydrogen-bond donors (Lipinski definition) is 2. The summed E-state index contributed by atoms with van der Waals surface area (Å²) in [5.41, 5.74) is 0.887. The zero-order valence-electron chi connectivity index (χ0n) is 11.4. The zero-order valence-corrected chi connectivity index (χ0v) is 11.4. The lowest BCUT2D eigenvalue weighted by Crippen LogP contribution is -2.26. The number of benzene rings is 1. The molecule has 1 aromatic carbocycles. The van der Waals surface area contributed by atoms with Crippen LogP contribution < -0.4 is 10.6 Å². The van der Waals surface area contributed by atoms with Crippen LogP contribution in [0.15, 0.2) is 24.3 Å². The number of carbonyl (C=O) groups is 1. The van der Waals surface area contributed by atoms with Crippen molar-refractivity contribution >= 4 is 5.91 Å². The Bertz CT molecular complexity index is 447. The Labute approximate surface area is 117 Å². The van der Waals surface area contributed by atoms with E-state index in [1.54, 1.807) is 6.07 Å². The maximum absolute atomic E-state index is 12.5. The predicted molar refractivity (Wildman–Crippen MR) is 73.5 cm³/mol. The molecule has 2 rings (SSSR count). The summed E-state index contributed by atoms with van der Waals surface area (Å²) in [7, 11) is 0. The average Bonchev–Trinajstić information content (AvgIpc) is 3.22. The van der Waals surface area contributed by atoms with Crippen LogP contribution in [0.1, 0.15) is 43.2 Å². The second-order valence-corrected chi connectivity index (χ2v) is 5.17. The van der Waals surface area contributed by atoms with Crippen LogP contribution in [-0.4, -0.2) is 18.5 Å². The van der Waals surface area contributed by atoms with Gasteiger partial charge in [-0.1, -0.05) is 18.2 Å². The summed E-state index contributed by atoms with van der Waals surface area (Å²) < 4.78 is 25.0. The molecular weight excluding hydrogens is 262 g/mol. The molecule has 5 heteroatoms. The van der Waals surface area contributed by atoms with E-state index in [2.05, 4.69) is 10.6 Å². The van der Waals surface area contributed by atoms with Gasteiger partial charge in [-0.25, -0.2) is 8.78 Å². The fourth-order valence-corrected chi connectivity index (χ4v) is 1.97. The van der Waals surface area contributed by atoms with E-state index in [1.165, 1.54) is 12.1 Å². The van der Waals surface area contributed by atoms with E-state index >= 15 is 0 Å². The Morgan fingerprint density at radius 2 is 2.15 bits per heavy atom. The van der Waals surface area contributed by atoms with Crippen molar-refractivity contribution in [2.75, 3.05) is 6.54 Å². The SMILES string of the molecule is O=C(CCCNCc1cccc(C(F)F)c1)NC1CC1. The van der Waals surface area contributed by atoms with Crippen LogP contribution >= 0.6 is 0 Å². The van der Waals surface area contributed by atoms with Gasteiger partial charge in [-0.3, -0.25) is 4.79 Å². The molecule has 1 fully saturated rings. The standard InChI is InChI=1S/C15H20F2N2O/c16-15(17)12-4-1-3-11(9-12)10-18-8-2-5-14(20)19-13-6-7-13/h1,3-4,9,13,15,18H,2,5-8,10H2,(H,19,20). The Morgan fingerprint density at radius 1 is 1.35 bits per heavy atom. The number of alkyl halides is 2. The van der Waals surface area contributed by atoms with E-state index in [0.717, 1.165) is 24.8 Å². The van der Waals surface area contributed by atoms with Gasteiger partial charge in [0.05, 0.1) is 0 Å². The molecule has 0 atom stereocenters. The van der Waals surface area contributed by atoms with Crippen molar-refractivity contribution in [3.8, 4) is 0 Å². The fourth-order valence-electron chi connectivity index (χ4n) is 1.97. The van der Waals surface area contributed by atoms with Crippen LogP contribution in [0.4, 0.5) is 8.78 Å². The molecule has 0 bridgehead atoms. The van der Waals surface area contributed by atoms with E-state index in [1.807, 2.05) is 6.07 Å². The van der Waals surface area contributed by atoms with Crippen LogP contribution in [0, 0.1) is 0 Å². The summed E-state index contributed by atoms with van der Waals surface area (Å²) in [5, 5.41) is 6.10. The first kappa shape index (κ1) is 14.9. The van der Waals surface area contributed by atoms with Gasteiger partial charge in [0.15, 0.2) is 0 Å². The number of rotatable bonds is 8. The van der Waals surface area contributed by atoms with E-state index in [0.29, 0.717) is 25.6 Å². The van der Waals surface area contributed by atoms with Crippen LogP contribution in [0.25, 0.3) is 0 Å². The summed E-state index contributed by atoms with van der Waals surface area (Å²) in [5.74, 6) is 0.106. The minimum Gasteiger partial charge on any atom is -0.353 e.